The van der Waals surface area contributed by atoms with Gasteiger partial charge in [-0.25, -0.2) is 8.78 Å². The molecule has 18 heavy (non-hydrogen) atoms. The van der Waals surface area contributed by atoms with E-state index in [9.17, 15) is 13.6 Å². The molecule has 1 aromatic carbocycles. The molecule has 1 unspecified atom stereocenters. The lowest BCUT2D eigenvalue weighted by Crippen LogP contribution is -2.37. The minimum Gasteiger partial charge on any atom is -0.338 e. The number of hydrogen-bond donors (Lipinski definition) is 1. The molecule has 0 bridgehead atoms. The molecule has 0 aliphatic rings. The molecule has 2 N–H and O–H groups in total. The van der Waals surface area contributed by atoms with Crippen LogP contribution in [0, 0.1) is 17.6 Å². The van der Waals surface area contributed by atoms with Crippen LogP contribution < -0.4 is 5.73 Å². The quantitative estimate of drug-likeness (QED) is 0.874. The van der Waals surface area contributed by atoms with E-state index in [1.54, 1.807) is 11.8 Å². The van der Waals surface area contributed by atoms with Crippen molar-refractivity contribution in [1.29, 1.82) is 0 Å². The SMILES string of the molecule is CCN(Cc1ccc(F)c(F)c1)C(=O)C(C)CN. The summed E-state index contributed by atoms with van der Waals surface area (Å²) in [5.74, 6) is -2.13. The van der Waals surface area contributed by atoms with Gasteiger partial charge in [-0.2, -0.15) is 0 Å². The molecule has 0 aliphatic heterocycles. The summed E-state index contributed by atoms with van der Waals surface area (Å²) in [5.41, 5.74) is 6.01. The number of rotatable bonds is 5. The van der Waals surface area contributed by atoms with Gasteiger partial charge in [0, 0.05) is 25.6 Å². The first-order valence-corrected chi connectivity index (χ1v) is 5.92. The van der Waals surface area contributed by atoms with Crippen molar-refractivity contribution in [2.45, 2.75) is 20.4 Å². The lowest BCUT2D eigenvalue weighted by molar-refractivity contribution is -0.135. The summed E-state index contributed by atoms with van der Waals surface area (Å²) in [6, 6.07) is 3.65. The molecule has 0 spiro atoms. The highest BCUT2D eigenvalue weighted by atomic mass is 19.2. The number of nitrogens with zero attached hydrogens (tertiary/aromatic N) is 1. The maximum atomic E-state index is 13.1. The van der Waals surface area contributed by atoms with Crippen LogP contribution in [0.15, 0.2) is 18.2 Å². The average molecular weight is 256 g/mol. The highest BCUT2D eigenvalue weighted by Gasteiger charge is 2.18. The van der Waals surface area contributed by atoms with E-state index in [1.807, 2.05) is 6.92 Å². The van der Waals surface area contributed by atoms with Crippen molar-refractivity contribution in [2.24, 2.45) is 11.7 Å². The Morgan fingerprint density at radius 1 is 1.39 bits per heavy atom. The molecule has 1 atom stereocenters. The topological polar surface area (TPSA) is 46.3 Å². The van der Waals surface area contributed by atoms with Gasteiger partial charge in [0.2, 0.25) is 5.91 Å². The zero-order chi connectivity index (χ0) is 13.7. The van der Waals surface area contributed by atoms with Gasteiger partial charge in [-0.05, 0) is 24.6 Å². The fraction of sp³-hybridized carbons (Fsp3) is 0.462. The Kier molecular flexibility index (Phi) is 5.22. The minimum absolute atomic E-state index is 0.0790. The van der Waals surface area contributed by atoms with E-state index in [0.29, 0.717) is 12.1 Å². The van der Waals surface area contributed by atoms with Crippen molar-refractivity contribution in [1.82, 2.24) is 4.90 Å². The number of hydrogen-bond acceptors (Lipinski definition) is 2. The third kappa shape index (κ3) is 3.50. The number of nitrogens with two attached hydrogens (primary N) is 1. The van der Waals surface area contributed by atoms with E-state index < -0.39 is 11.6 Å². The predicted octanol–water partition coefficient (Wildman–Crippen LogP) is 1.91. The van der Waals surface area contributed by atoms with Gasteiger partial charge in [-0.1, -0.05) is 13.0 Å². The summed E-state index contributed by atoms with van der Waals surface area (Å²) >= 11 is 0. The Morgan fingerprint density at radius 3 is 2.56 bits per heavy atom. The monoisotopic (exact) mass is 256 g/mol. The van der Waals surface area contributed by atoms with Crippen molar-refractivity contribution >= 4 is 5.91 Å². The zero-order valence-corrected chi connectivity index (χ0v) is 10.6. The fourth-order valence-electron chi connectivity index (χ4n) is 1.62. The van der Waals surface area contributed by atoms with Crippen LogP contribution in [0.1, 0.15) is 19.4 Å². The van der Waals surface area contributed by atoms with Gasteiger partial charge in [0.05, 0.1) is 0 Å². The van der Waals surface area contributed by atoms with Crippen molar-refractivity contribution in [3.63, 3.8) is 0 Å². The van der Waals surface area contributed by atoms with Crippen molar-refractivity contribution in [3.8, 4) is 0 Å². The van der Waals surface area contributed by atoms with E-state index in [2.05, 4.69) is 0 Å². The maximum absolute atomic E-state index is 13.1. The summed E-state index contributed by atoms with van der Waals surface area (Å²) < 4.78 is 25.8. The molecule has 0 heterocycles. The van der Waals surface area contributed by atoms with Crippen LogP contribution in [0.5, 0.6) is 0 Å². The standard InChI is InChI=1S/C13H18F2N2O/c1-3-17(13(18)9(2)7-16)8-10-4-5-11(14)12(15)6-10/h4-6,9H,3,7-8,16H2,1-2H3. The van der Waals surface area contributed by atoms with Crippen LogP contribution >= 0.6 is 0 Å². The largest absolute Gasteiger partial charge is 0.338 e. The Hall–Kier alpha value is -1.49. The number of carbonyl (C=O) groups is 1. The van der Waals surface area contributed by atoms with Gasteiger partial charge in [0.25, 0.3) is 0 Å². The second-order valence-corrected chi connectivity index (χ2v) is 4.24. The molecule has 0 saturated carbocycles. The molecule has 1 rings (SSSR count). The average Bonchev–Trinajstić information content (AvgIpc) is 2.38. The Morgan fingerprint density at radius 2 is 2.06 bits per heavy atom. The summed E-state index contributed by atoms with van der Waals surface area (Å²) in [5, 5.41) is 0. The van der Waals surface area contributed by atoms with E-state index in [4.69, 9.17) is 5.73 Å². The maximum Gasteiger partial charge on any atom is 0.226 e. The Labute approximate surface area is 106 Å². The minimum atomic E-state index is -0.900. The predicted molar refractivity (Wildman–Crippen MR) is 65.7 cm³/mol. The molecule has 0 aliphatic carbocycles. The molecular formula is C13H18F2N2O. The first-order chi connectivity index (χ1) is 8.49. The van der Waals surface area contributed by atoms with E-state index in [-0.39, 0.29) is 24.9 Å². The van der Waals surface area contributed by atoms with Crippen molar-refractivity contribution in [2.75, 3.05) is 13.1 Å². The molecule has 5 heteroatoms. The van der Waals surface area contributed by atoms with Crippen LogP contribution in [-0.2, 0) is 11.3 Å². The van der Waals surface area contributed by atoms with Crippen LogP contribution in [0.4, 0.5) is 8.78 Å². The molecular weight excluding hydrogens is 238 g/mol. The molecule has 0 radical (unpaired) electrons. The van der Waals surface area contributed by atoms with Crippen LogP contribution in [0.25, 0.3) is 0 Å². The van der Waals surface area contributed by atoms with Gasteiger partial charge in [-0.15, -0.1) is 0 Å². The summed E-state index contributed by atoms with van der Waals surface area (Å²) in [6.07, 6.45) is 0. The number of amides is 1. The number of carbonyl (C=O) groups excluding carboxylic acids is 1. The third-order valence-electron chi connectivity index (χ3n) is 2.83. The summed E-state index contributed by atoms with van der Waals surface area (Å²) in [6.45, 7) is 4.61. The Balaban J connectivity index is 2.79. The molecule has 100 valence electrons. The van der Waals surface area contributed by atoms with Crippen molar-refractivity contribution < 1.29 is 13.6 Å². The lowest BCUT2D eigenvalue weighted by atomic mass is 10.1. The summed E-state index contributed by atoms with van der Waals surface area (Å²) in [4.78, 5) is 13.5. The second kappa shape index (κ2) is 6.44. The second-order valence-electron chi connectivity index (χ2n) is 4.24. The highest BCUT2D eigenvalue weighted by molar-refractivity contribution is 5.78. The fourth-order valence-corrected chi connectivity index (χ4v) is 1.62. The molecule has 0 saturated heterocycles. The number of benzene rings is 1. The number of halogens is 2. The zero-order valence-electron chi connectivity index (χ0n) is 10.6. The Bertz CT molecular complexity index is 423. The van der Waals surface area contributed by atoms with Crippen LogP contribution in [-0.4, -0.2) is 23.9 Å². The lowest BCUT2D eigenvalue weighted by Gasteiger charge is -2.24. The van der Waals surface area contributed by atoms with Gasteiger partial charge >= 0.3 is 0 Å². The first-order valence-electron chi connectivity index (χ1n) is 5.92. The van der Waals surface area contributed by atoms with Crippen molar-refractivity contribution in [3.05, 3.63) is 35.4 Å². The van der Waals surface area contributed by atoms with Crippen LogP contribution in [0.3, 0.4) is 0 Å². The molecule has 1 aromatic rings. The van der Waals surface area contributed by atoms with E-state index in [1.165, 1.54) is 6.07 Å². The molecule has 0 aromatic heterocycles. The molecule has 1 amide bonds. The summed E-state index contributed by atoms with van der Waals surface area (Å²) in [7, 11) is 0. The normalized spacial score (nSPS) is 12.3. The van der Waals surface area contributed by atoms with Crippen LogP contribution in [0.2, 0.25) is 0 Å². The molecule has 3 nitrogen and oxygen atoms in total. The van der Waals surface area contributed by atoms with E-state index >= 15 is 0 Å². The molecule has 0 fully saturated rings. The van der Waals surface area contributed by atoms with E-state index in [0.717, 1.165) is 12.1 Å². The first kappa shape index (κ1) is 14.6. The van der Waals surface area contributed by atoms with Gasteiger partial charge in [-0.3, -0.25) is 4.79 Å². The smallest absolute Gasteiger partial charge is 0.226 e. The van der Waals surface area contributed by atoms with Gasteiger partial charge in [0.15, 0.2) is 11.6 Å². The van der Waals surface area contributed by atoms with Gasteiger partial charge in [0.1, 0.15) is 0 Å². The van der Waals surface area contributed by atoms with Gasteiger partial charge < -0.3 is 10.6 Å². The third-order valence-corrected chi connectivity index (χ3v) is 2.83. The highest BCUT2D eigenvalue weighted by Crippen LogP contribution is 2.12.